The minimum absolute atomic E-state index is 0.175. The fraction of sp³-hybridized carbons (Fsp3) is 0.600. The van der Waals surface area contributed by atoms with Crippen LogP contribution in [0.1, 0.15) is 131 Å². The number of hydrogen-bond donors (Lipinski definition) is 0. The van der Waals surface area contributed by atoms with Gasteiger partial charge in [-0.2, -0.15) is 0 Å². The Morgan fingerprint density at radius 1 is 0.590 bits per heavy atom. The molecule has 0 heterocycles. The van der Waals surface area contributed by atoms with Crippen LogP contribution in [0.15, 0.2) is 26.8 Å². The highest BCUT2D eigenvalue weighted by Crippen LogP contribution is 2.50. The summed E-state index contributed by atoms with van der Waals surface area (Å²) in [5, 5.41) is 0. The first kappa shape index (κ1) is 28.9. The molecule has 2 aromatic carbocycles. The maximum atomic E-state index is 15.2. The zero-order valence-electron chi connectivity index (χ0n) is 22.0. The van der Waals surface area contributed by atoms with Crippen molar-refractivity contribution in [3.63, 3.8) is 0 Å². The van der Waals surface area contributed by atoms with Crippen LogP contribution < -0.4 is 0 Å². The molecule has 214 valence electrons. The molecule has 3 aliphatic rings. The van der Waals surface area contributed by atoms with Crippen molar-refractivity contribution < 1.29 is 30.5 Å². The van der Waals surface area contributed by atoms with Gasteiger partial charge in [-0.3, -0.25) is 0 Å². The second-order valence-corrected chi connectivity index (χ2v) is 13.8. The predicted octanol–water partition coefficient (Wildman–Crippen LogP) is 9.44. The van der Waals surface area contributed by atoms with E-state index >= 15 is 8.78 Å². The summed E-state index contributed by atoms with van der Waals surface area (Å²) in [7, 11) is -5.76. The molecule has 3 fully saturated rings. The number of rotatable bonds is 6. The van der Waals surface area contributed by atoms with Gasteiger partial charge in [0.25, 0.3) is 0 Å². The minimum Gasteiger partial charge on any atom is -0.744 e. The van der Waals surface area contributed by atoms with Gasteiger partial charge in [-0.15, -0.1) is 0 Å². The summed E-state index contributed by atoms with van der Waals surface area (Å²) in [6.07, 6.45) is 15.9. The molecule has 39 heavy (non-hydrogen) atoms. The predicted molar refractivity (Wildman–Crippen MR) is 142 cm³/mol. The van der Waals surface area contributed by atoms with Gasteiger partial charge in [-0.05, 0) is 73.0 Å². The highest BCUT2D eigenvalue weighted by molar-refractivity contribution is 7.99. The van der Waals surface area contributed by atoms with E-state index in [9.17, 15) is 21.8 Å². The van der Waals surface area contributed by atoms with Gasteiger partial charge in [0.2, 0.25) is 0 Å². The molecular weight excluding hydrogens is 548 g/mol. The topological polar surface area (TPSA) is 57.2 Å². The zero-order chi connectivity index (χ0) is 27.7. The molecule has 0 aromatic heterocycles. The molecule has 0 N–H and O–H groups in total. The fourth-order valence-electron chi connectivity index (χ4n) is 6.92. The summed E-state index contributed by atoms with van der Waals surface area (Å²) < 4.78 is 94.1. The van der Waals surface area contributed by atoms with Gasteiger partial charge in [0.05, 0.1) is 4.90 Å². The van der Waals surface area contributed by atoms with Crippen LogP contribution in [-0.2, 0) is 10.1 Å². The summed E-state index contributed by atoms with van der Waals surface area (Å²) in [6.45, 7) is 0. The second kappa shape index (κ2) is 12.1. The number of hydrogen-bond acceptors (Lipinski definition) is 4. The number of halogens is 4. The van der Waals surface area contributed by atoms with Crippen molar-refractivity contribution in [2.75, 3.05) is 0 Å². The van der Waals surface area contributed by atoms with Crippen LogP contribution in [0.2, 0.25) is 0 Å². The molecule has 0 atom stereocenters. The first-order valence-electron chi connectivity index (χ1n) is 14.3. The molecule has 0 saturated heterocycles. The van der Waals surface area contributed by atoms with Crippen molar-refractivity contribution in [1.29, 1.82) is 0 Å². The molecule has 0 unspecified atom stereocenters. The first-order chi connectivity index (χ1) is 18.7. The molecule has 0 aliphatic heterocycles. The second-order valence-electron chi connectivity index (χ2n) is 11.5. The molecule has 0 spiro atoms. The molecule has 9 heteroatoms. The molecule has 0 amide bonds. The Bertz CT molecular complexity index is 1240. The Labute approximate surface area is 232 Å². The molecule has 0 bridgehead atoms. The van der Waals surface area contributed by atoms with Crippen LogP contribution in [-0.4, -0.2) is 13.0 Å². The lowest BCUT2D eigenvalue weighted by molar-refractivity contribution is 0.381. The van der Waals surface area contributed by atoms with Crippen LogP contribution in [0, 0.1) is 23.3 Å². The van der Waals surface area contributed by atoms with E-state index in [4.69, 9.17) is 0 Å². The Morgan fingerprint density at radius 2 is 0.974 bits per heavy atom. The van der Waals surface area contributed by atoms with Crippen LogP contribution in [0.25, 0.3) is 0 Å². The Kier molecular flexibility index (Phi) is 8.98. The van der Waals surface area contributed by atoms with E-state index in [2.05, 4.69) is 12.1 Å². The lowest BCUT2D eigenvalue weighted by atomic mass is 9.76. The van der Waals surface area contributed by atoms with Crippen LogP contribution in [0.5, 0.6) is 0 Å². The molecule has 2 aromatic rings. The lowest BCUT2D eigenvalue weighted by Crippen LogP contribution is -2.15. The average molecular weight is 584 g/mol. The molecule has 0 radical (unpaired) electrons. The Balaban J connectivity index is 1.69. The van der Waals surface area contributed by atoms with E-state index in [1.807, 2.05) is 0 Å². The lowest BCUT2D eigenvalue weighted by Gasteiger charge is -2.32. The van der Waals surface area contributed by atoms with Gasteiger partial charge in [-0.1, -0.05) is 81.7 Å². The fourth-order valence-corrected chi connectivity index (χ4v) is 8.79. The molecule has 3 nitrogen and oxygen atoms in total. The van der Waals surface area contributed by atoms with Gasteiger partial charge < -0.3 is 4.55 Å². The van der Waals surface area contributed by atoms with Crippen molar-refractivity contribution in [2.45, 2.75) is 129 Å². The monoisotopic (exact) mass is 583 g/mol. The van der Waals surface area contributed by atoms with Crippen LogP contribution >= 0.6 is 11.8 Å². The van der Waals surface area contributed by atoms with Crippen molar-refractivity contribution in [1.82, 2.24) is 0 Å². The summed E-state index contributed by atoms with van der Waals surface area (Å²) in [6, 6.07) is 4.36. The van der Waals surface area contributed by atoms with E-state index in [0.29, 0.717) is 22.6 Å². The van der Waals surface area contributed by atoms with E-state index in [1.165, 1.54) is 24.8 Å². The summed E-state index contributed by atoms with van der Waals surface area (Å²) in [4.78, 5) is -2.39. The van der Waals surface area contributed by atoms with Crippen molar-refractivity contribution in [3.05, 3.63) is 52.1 Å². The largest absolute Gasteiger partial charge is 0.744 e. The third-order valence-corrected chi connectivity index (χ3v) is 11.1. The average Bonchev–Trinajstić information content (AvgIpc) is 2.95. The van der Waals surface area contributed by atoms with Crippen LogP contribution in [0.3, 0.4) is 0 Å². The summed E-state index contributed by atoms with van der Waals surface area (Å²) in [5.74, 6) is -7.23. The zero-order valence-corrected chi connectivity index (χ0v) is 23.7. The normalized spacial score (nSPS) is 20.4. The molecule has 5 rings (SSSR count). The van der Waals surface area contributed by atoms with Crippen molar-refractivity contribution in [3.8, 4) is 0 Å². The molecule has 3 saturated carbocycles. The van der Waals surface area contributed by atoms with Gasteiger partial charge in [0.1, 0.15) is 15.0 Å². The summed E-state index contributed by atoms with van der Waals surface area (Å²) in [5.41, 5.74) is 3.23. The van der Waals surface area contributed by atoms with Crippen molar-refractivity contribution >= 4 is 21.9 Å². The third kappa shape index (κ3) is 6.05. The third-order valence-electron chi connectivity index (χ3n) is 8.97. The van der Waals surface area contributed by atoms with Gasteiger partial charge >= 0.3 is 0 Å². The van der Waals surface area contributed by atoms with E-state index in [0.717, 1.165) is 88.2 Å². The quantitative estimate of drug-likeness (QED) is 0.193. The van der Waals surface area contributed by atoms with Gasteiger partial charge in [-0.25, -0.2) is 26.0 Å². The standard InChI is InChI=1S/C30H36F4O3S2/c31-24-26(33)30(39(35,36)37)27(34)25(32)29(24)38-28-22(19-12-6-2-7-13-19)16-21(18-10-4-1-5-11-18)17-23(28)20-14-8-3-9-15-20/h16-20H,1-15H2,(H,35,36,37)/p-1. The molecule has 3 aliphatic carbocycles. The van der Waals surface area contributed by atoms with Crippen molar-refractivity contribution in [2.24, 2.45) is 0 Å². The first-order valence-corrected chi connectivity index (χ1v) is 16.6. The highest BCUT2D eigenvalue weighted by atomic mass is 32.2. The molecular formula is C30H35F4O3S2-. The van der Waals surface area contributed by atoms with E-state index < -0.39 is 43.2 Å². The maximum absolute atomic E-state index is 15.2. The number of benzene rings is 2. The van der Waals surface area contributed by atoms with E-state index in [-0.39, 0.29) is 11.8 Å². The Hall–Kier alpha value is -1.58. The summed E-state index contributed by atoms with van der Waals surface area (Å²) >= 11 is 0.658. The van der Waals surface area contributed by atoms with Crippen LogP contribution in [0.4, 0.5) is 17.6 Å². The maximum Gasteiger partial charge on any atom is 0.180 e. The highest BCUT2D eigenvalue weighted by Gasteiger charge is 2.33. The minimum atomic E-state index is -5.76. The van der Waals surface area contributed by atoms with Gasteiger partial charge in [0.15, 0.2) is 23.3 Å². The van der Waals surface area contributed by atoms with Gasteiger partial charge in [0, 0.05) is 4.90 Å². The smallest absolute Gasteiger partial charge is 0.180 e. The van der Waals surface area contributed by atoms with E-state index in [1.54, 1.807) is 0 Å². The SMILES string of the molecule is O=S(=O)([O-])c1c(F)c(F)c(Sc2c(C3CCCCC3)cc(C3CCCCC3)cc2C2CCCCC2)c(F)c1F. The Morgan fingerprint density at radius 3 is 1.36 bits per heavy atom.